The Morgan fingerprint density at radius 1 is 1.55 bits per heavy atom. The van der Waals surface area contributed by atoms with Gasteiger partial charge >= 0.3 is 0 Å². The van der Waals surface area contributed by atoms with Crippen molar-refractivity contribution >= 4 is 34.4 Å². The number of rotatable bonds is 4. The van der Waals surface area contributed by atoms with Crippen LogP contribution in [-0.2, 0) is 9.59 Å². The Morgan fingerprint density at radius 3 is 2.64 bits per heavy atom. The van der Waals surface area contributed by atoms with E-state index in [1.54, 1.807) is 0 Å². The summed E-state index contributed by atoms with van der Waals surface area (Å²) < 4.78 is 0. The van der Waals surface area contributed by atoms with Crippen molar-refractivity contribution in [2.75, 3.05) is 18.2 Å². The summed E-state index contributed by atoms with van der Waals surface area (Å²) >= 11 is 6.37. The first-order chi connectivity index (χ1) is 5.16. The maximum absolute atomic E-state index is 10.6. The van der Waals surface area contributed by atoms with Crippen molar-refractivity contribution in [1.82, 2.24) is 5.32 Å². The molecule has 0 saturated carbocycles. The first-order valence-corrected chi connectivity index (χ1v) is 4.65. The smallest absolute Gasteiger partial charge is 0.216 e. The van der Waals surface area contributed by atoms with E-state index in [-0.39, 0.29) is 16.9 Å². The van der Waals surface area contributed by atoms with E-state index < -0.39 is 0 Å². The van der Waals surface area contributed by atoms with E-state index in [0.29, 0.717) is 12.3 Å². The van der Waals surface area contributed by atoms with Crippen molar-refractivity contribution in [2.45, 2.75) is 6.92 Å². The maximum Gasteiger partial charge on any atom is 0.216 e. The lowest BCUT2D eigenvalue weighted by Gasteiger charge is -1.98. The molecule has 0 aromatic carbocycles. The minimum absolute atomic E-state index is 0.0325. The zero-order valence-corrected chi connectivity index (χ0v) is 7.80. The second kappa shape index (κ2) is 6.49. The monoisotopic (exact) mass is 195 g/mol. The average molecular weight is 196 g/mol. The molecule has 0 unspecified atom stereocenters. The quantitative estimate of drug-likeness (QED) is 0.529. The fraction of sp³-hybridized carbons (Fsp3) is 0.667. The lowest BCUT2D eigenvalue weighted by molar-refractivity contribution is -0.118. The van der Waals surface area contributed by atoms with Crippen LogP contribution in [-0.4, -0.2) is 29.2 Å². The van der Waals surface area contributed by atoms with Gasteiger partial charge in [0.1, 0.15) is 0 Å². The molecule has 0 spiro atoms. The normalized spacial score (nSPS) is 9.27. The maximum atomic E-state index is 10.6. The van der Waals surface area contributed by atoms with Crippen LogP contribution >= 0.6 is 23.4 Å². The summed E-state index contributed by atoms with van der Waals surface area (Å²) in [4.78, 5) is 20.9. The number of amides is 1. The molecule has 0 aliphatic heterocycles. The molecule has 3 nitrogen and oxygen atoms in total. The molecule has 0 heterocycles. The first-order valence-electron chi connectivity index (χ1n) is 3.13. The molecular formula is C6H10ClNO2S. The van der Waals surface area contributed by atoms with E-state index in [1.807, 2.05) is 0 Å². The third kappa shape index (κ3) is 7.68. The summed E-state index contributed by atoms with van der Waals surface area (Å²) in [6.07, 6.45) is 0. The minimum Gasteiger partial charge on any atom is -0.356 e. The summed E-state index contributed by atoms with van der Waals surface area (Å²) in [6.45, 7) is 1.96. The fourth-order valence-electron chi connectivity index (χ4n) is 0.431. The summed E-state index contributed by atoms with van der Waals surface area (Å²) in [5.41, 5.74) is 0. The van der Waals surface area contributed by atoms with Crippen LogP contribution in [0.2, 0.25) is 0 Å². The van der Waals surface area contributed by atoms with Crippen LogP contribution in [0.5, 0.6) is 0 Å². The molecule has 0 fully saturated rings. The van der Waals surface area contributed by atoms with Gasteiger partial charge in [-0.1, -0.05) is 11.8 Å². The van der Waals surface area contributed by atoms with E-state index in [9.17, 15) is 9.59 Å². The molecule has 0 radical (unpaired) electrons. The molecule has 64 valence electrons. The molecule has 11 heavy (non-hydrogen) atoms. The van der Waals surface area contributed by atoms with Crippen LogP contribution in [0.4, 0.5) is 0 Å². The van der Waals surface area contributed by atoms with E-state index in [4.69, 9.17) is 11.6 Å². The third-order valence-electron chi connectivity index (χ3n) is 0.848. The highest BCUT2D eigenvalue weighted by molar-refractivity contribution is 8.13. The number of nitrogens with one attached hydrogen (secondary N) is 1. The molecule has 0 aliphatic rings. The van der Waals surface area contributed by atoms with E-state index in [1.165, 1.54) is 6.92 Å². The van der Waals surface area contributed by atoms with Crippen molar-refractivity contribution in [3.63, 3.8) is 0 Å². The Labute approximate surface area is 74.9 Å². The zero-order chi connectivity index (χ0) is 8.69. The van der Waals surface area contributed by atoms with Gasteiger partial charge in [0.05, 0.1) is 5.88 Å². The van der Waals surface area contributed by atoms with Gasteiger partial charge in [-0.25, -0.2) is 0 Å². The van der Waals surface area contributed by atoms with Gasteiger partial charge in [-0.3, -0.25) is 9.59 Å². The molecular weight excluding hydrogens is 186 g/mol. The van der Waals surface area contributed by atoms with Gasteiger partial charge in [-0.15, -0.1) is 11.6 Å². The Hall–Kier alpha value is -0.220. The molecule has 0 atom stereocenters. The summed E-state index contributed by atoms with van der Waals surface area (Å²) in [5, 5.41) is 2.51. The van der Waals surface area contributed by atoms with E-state index in [0.717, 1.165) is 11.8 Å². The second-order valence-corrected chi connectivity index (χ2v) is 3.26. The van der Waals surface area contributed by atoms with E-state index in [2.05, 4.69) is 5.32 Å². The average Bonchev–Trinajstić information content (AvgIpc) is 1.97. The number of hydrogen-bond donors (Lipinski definition) is 1. The topological polar surface area (TPSA) is 46.2 Å². The van der Waals surface area contributed by atoms with Crippen molar-refractivity contribution in [1.29, 1.82) is 0 Å². The molecule has 0 saturated heterocycles. The molecule has 1 N–H and O–H groups in total. The predicted octanol–water partition coefficient (Wildman–Crippen LogP) is 0.621. The molecule has 0 aromatic heterocycles. The third-order valence-corrected chi connectivity index (χ3v) is 2.12. The highest BCUT2D eigenvalue weighted by Gasteiger charge is 1.98. The van der Waals surface area contributed by atoms with Crippen LogP contribution < -0.4 is 5.32 Å². The number of alkyl halides is 1. The number of thioether (sulfide) groups is 1. The molecule has 0 aliphatic carbocycles. The summed E-state index contributed by atoms with van der Waals surface area (Å²) in [6, 6.07) is 0. The van der Waals surface area contributed by atoms with Gasteiger partial charge < -0.3 is 5.32 Å². The predicted molar refractivity (Wildman–Crippen MR) is 46.9 cm³/mol. The number of carbonyl (C=O) groups excluding carboxylic acids is 2. The van der Waals surface area contributed by atoms with Crippen LogP contribution in [0.1, 0.15) is 6.92 Å². The SMILES string of the molecule is CC(=O)NCCSC(=O)CCl. The van der Waals surface area contributed by atoms with Crippen molar-refractivity contribution in [3.8, 4) is 0 Å². The Bertz CT molecular complexity index is 152. The minimum atomic E-state index is -0.0797. The lowest BCUT2D eigenvalue weighted by Crippen LogP contribution is -2.22. The fourth-order valence-corrected chi connectivity index (χ4v) is 1.17. The van der Waals surface area contributed by atoms with Crippen LogP contribution in [0.15, 0.2) is 0 Å². The van der Waals surface area contributed by atoms with Crippen molar-refractivity contribution < 1.29 is 9.59 Å². The molecule has 0 aromatic rings. The lowest BCUT2D eigenvalue weighted by atomic mass is 10.6. The molecule has 5 heteroatoms. The Balaban J connectivity index is 3.14. The van der Waals surface area contributed by atoms with E-state index >= 15 is 0 Å². The Kier molecular flexibility index (Phi) is 6.36. The number of halogens is 1. The Morgan fingerprint density at radius 2 is 2.18 bits per heavy atom. The summed E-state index contributed by atoms with van der Waals surface area (Å²) in [5.74, 6) is 0.541. The number of carbonyl (C=O) groups is 2. The molecule has 0 rings (SSSR count). The molecule has 0 bridgehead atoms. The van der Waals surface area contributed by atoms with Crippen molar-refractivity contribution in [3.05, 3.63) is 0 Å². The van der Waals surface area contributed by atoms with Gasteiger partial charge in [0.15, 0.2) is 0 Å². The van der Waals surface area contributed by atoms with Gasteiger partial charge in [0.25, 0.3) is 0 Å². The highest BCUT2D eigenvalue weighted by Crippen LogP contribution is 2.01. The summed E-state index contributed by atoms with van der Waals surface area (Å²) in [7, 11) is 0. The molecule has 1 amide bonds. The van der Waals surface area contributed by atoms with Gasteiger partial charge in [0.2, 0.25) is 11.0 Å². The second-order valence-electron chi connectivity index (χ2n) is 1.84. The number of hydrogen-bond acceptors (Lipinski definition) is 3. The van der Waals surface area contributed by atoms with Crippen LogP contribution in [0, 0.1) is 0 Å². The zero-order valence-electron chi connectivity index (χ0n) is 6.22. The standard InChI is InChI=1S/C6H10ClNO2S/c1-5(9)8-2-3-11-6(10)4-7/h2-4H2,1H3,(H,8,9). The highest BCUT2D eigenvalue weighted by atomic mass is 35.5. The van der Waals surface area contributed by atoms with Crippen LogP contribution in [0.25, 0.3) is 0 Å². The first kappa shape index (κ1) is 10.8. The van der Waals surface area contributed by atoms with Crippen LogP contribution in [0.3, 0.4) is 0 Å². The van der Waals surface area contributed by atoms with Gasteiger partial charge in [-0.05, 0) is 0 Å². The van der Waals surface area contributed by atoms with Crippen molar-refractivity contribution in [2.24, 2.45) is 0 Å². The van der Waals surface area contributed by atoms with Gasteiger partial charge in [-0.2, -0.15) is 0 Å². The largest absolute Gasteiger partial charge is 0.356 e. The van der Waals surface area contributed by atoms with Gasteiger partial charge in [0, 0.05) is 19.2 Å².